The van der Waals surface area contributed by atoms with Crippen LogP contribution in [-0.2, 0) is 4.79 Å². The summed E-state index contributed by atoms with van der Waals surface area (Å²) < 4.78 is 5.79. The molecule has 1 amide bonds. The summed E-state index contributed by atoms with van der Waals surface area (Å²) in [7, 11) is 1.78. The number of likely N-dealkylation sites (N-methyl/N-ethyl adjacent to an activating group) is 1. The lowest BCUT2D eigenvalue weighted by atomic mass is 10.2. The van der Waals surface area contributed by atoms with Gasteiger partial charge in [-0.25, -0.2) is 0 Å². The third kappa shape index (κ3) is 4.87. The quantitative estimate of drug-likeness (QED) is 0.824. The molecular weight excluding hydrogens is 280 g/mol. The number of ether oxygens (including phenoxy) is 1. The number of aliphatic hydroxyl groups excluding tert-OH is 1. The number of anilines is 1. The predicted molar refractivity (Wildman–Crippen MR) is 86.2 cm³/mol. The van der Waals surface area contributed by atoms with Gasteiger partial charge in [-0.05, 0) is 31.3 Å². The van der Waals surface area contributed by atoms with E-state index in [9.17, 15) is 4.79 Å². The second-order valence-corrected chi connectivity index (χ2v) is 4.92. The highest BCUT2D eigenvalue weighted by Gasteiger charge is 2.10. The van der Waals surface area contributed by atoms with Crippen molar-refractivity contribution in [1.29, 1.82) is 0 Å². The van der Waals surface area contributed by atoms with E-state index in [0.717, 1.165) is 0 Å². The molecule has 0 unspecified atom stereocenters. The summed E-state index contributed by atoms with van der Waals surface area (Å²) in [6.45, 7) is 0.688. The molecule has 0 aromatic heterocycles. The zero-order valence-electron chi connectivity index (χ0n) is 12.5. The van der Waals surface area contributed by atoms with Crippen molar-refractivity contribution in [2.75, 3.05) is 32.1 Å². The van der Waals surface area contributed by atoms with E-state index >= 15 is 0 Å². The van der Waals surface area contributed by atoms with Crippen molar-refractivity contribution in [3.05, 3.63) is 54.6 Å². The van der Waals surface area contributed by atoms with Crippen molar-refractivity contribution >= 4 is 11.6 Å². The Morgan fingerprint density at radius 1 is 1.14 bits per heavy atom. The average Bonchev–Trinajstić information content (AvgIpc) is 2.50. The molecule has 5 nitrogen and oxygen atoms in total. The first-order valence-electron chi connectivity index (χ1n) is 7.10. The number of hydrogen-bond acceptors (Lipinski definition) is 4. The molecule has 2 N–H and O–H groups in total. The van der Waals surface area contributed by atoms with E-state index < -0.39 is 0 Å². The van der Waals surface area contributed by atoms with E-state index in [1.807, 2.05) is 42.5 Å². The topological polar surface area (TPSA) is 61.8 Å². The zero-order valence-corrected chi connectivity index (χ0v) is 12.5. The third-order valence-corrected chi connectivity index (χ3v) is 3.03. The van der Waals surface area contributed by atoms with Crippen molar-refractivity contribution < 1.29 is 14.6 Å². The van der Waals surface area contributed by atoms with Crippen molar-refractivity contribution in [2.24, 2.45) is 0 Å². The van der Waals surface area contributed by atoms with Crippen LogP contribution in [0.1, 0.15) is 0 Å². The van der Waals surface area contributed by atoms with Crippen molar-refractivity contribution in [1.82, 2.24) is 4.90 Å². The molecule has 0 spiro atoms. The van der Waals surface area contributed by atoms with Crippen molar-refractivity contribution in [3.8, 4) is 11.5 Å². The highest BCUT2D eigenvalue weighted by atomic mass is 16.5. The maximum atomic E-state index is 12.0. The highest BCUT2D eigenvalue weighted by Crippen LogP contribution is 2.28. The van der Waals surface area contributed by atoms with Crippen LogP contribution >= 0.6 is 0 Å². The number of hydrogen-bond donors (Lipinski definition) is 2. The number of carbonyl (C=O) groups excluding carboxylic acids is 1. The van der Waals surface area contributed by atoms with Gasteiger partial charge in [0.1, 0.15) is 5.75 Å². The largest absolute Gasteiger partial charge is 0.455 e. The number of carbonyl (C=O) groups is 1. The maximum Gasteiger partial charge on any atom is 0.238 e. The van der Waals surface area contributed by atoms with Gasteiger partial charge in [0.25, 0.3) is 0 Å². The summed E-state index contributed by atoms with van der Waals surface area (Å²) >= 11 is 0. The highest BCUT2D eigenvalue weighted by molar-refractivity contribution is 5.93. The minimum Gasteiger partial charge on any atom is -0.455 e. The van der Waals surface area contributed by atoms with Crippen molar-refractivity contribution in [2.45, 2.75) is 0 Å². The molecule has 0 bridgehead atoms. The van der Waals surface area contributed by atoms with E-state index in [-0.39, 0.29) is 19.1 Å². The first kappa shape index (κ1) is 16.0. The van der Waals surface area contributed by atoms with E-state index in [4.69, 9.17) is 9.84 Å². The summed E-state index contributed by atoms with van der Waals surface area (Å²) in [6.07, 6.45) is 0. The van der Waals surface area contributed by atoms with E-state index in [1.54, 1.807) is 24.1 Å². The minimum atomic E-state index is -0.153. The van der Waals surface area contributed by atoms with Crippen LogP contribution in [0.2, 0.25) is 0 Å². The fourth-order valence-corrected chi connectivity index (χ4v) is 1.96. The van der Waals surface area contributed by atoms with Crippen LogP contribution in [0.4, 0.5) is 5.69 Å². The number of benzene rings is 2. The molecule has 0 heterocycles. The molecule has 22 heavy (non-hydrogen) atoms. The first-order chi connectivity index (χ1) is 10.7. The van der Waals surface area contributed by atoms with Crippen LogP contribution in [0.15, 0.2) is 54.6 Å². The Balaban J connectivity index is 2.03. The van der Waals surface area contributed by atoms with Gasteiger partial charge >= 0.3 is 0 Å². The summed E-state index contributed by atoms with van der Waals surface area (Å²) in [4.78, 5) is 13.8. The molecule has 5 heteroatoms. The lowest BCUT2D eigenvalue weighted by Gasteiger charge is -2.16. The fourth-order valence-electron chi connectivity index (χ4n) is 1.96. The smallest absolute Gasteiger partial charge is 0.238 e. The van der Waals surface area contributed by atoms with E-state index in [1.165, 1.54) is 0 Å². The summed E-state index contributed by atoms with van der Waals surface area (Å²) in [5.74, 6) is 1.15. The molecule has 0 fully saturated rings. The summed E-state index contributed by atoms with van der Waals surface area (Å²) in [6, 6.07) is 16.7. The Bertz CT molecular complexity index is 602. The standard InChI is InChI=1S/C17H20N2O3/c1-19(11-12-20)13-17(21)18-15-9-5-6-10-16(15)22-14-7-3-2-4-8-14/h2-10,20H,11-13H2,1H3,(H,18,21). The van der Waals surface area contributed by atoms with Gasteiger partial charge in [-0.2, -0.15) is 0 Å². The fraction of sp³-hybridized carbons (Fsp3) is 0.235. The molecule has 2 aromatic rings. The van der Waals surface area contributed by atoms with Gasteiger partial charge in [-0.15, -0.1) is 0 Å². The Morgan fingerprint density at radius 2 is 1.82 bits per heavy atom. The van der Waals surface area contributed by atoms with Crippen LogP contribution < -0.4 is 10.1 Å². The third-order valence-electron chi connectivity index (χ3n) is 3.03. The van der Waals surface area contributed by atoms with Gasteiger partial charge in [0.15, 0.2) is 5.75 Å². The maximum absolute atomic E-state index is 12.0. The Kier molecular flexibility index (Phi) is 5.94. The van der Waals surface area contributed by atoms with Gasteiger partial charge in [0.2, 0.25) is 5.91 Å². The number of nitrogens with zero attached hydrogens (tertiary/aromatic N) is 1. The van der Waals surface area contributed by atoms with Gasteiger partial charge in [0.05, 0.1) is 18.8 Å². The molecule has 2 aromatic carbocycles. The normalized spacial score (nSPS) is 10.5. The number of amides is 1. The van der Waals surface area contributed by atoms with Crippen LogP contribution in [0.25, 0.3) is 0 Å². The van der Waals surface area contributed by atoms with Crippen LogP contribution in [-0.4, -0.2) is 42.7 Å². The number of rotatable bonds is 7. The zero-order chi connectivity index (χ0) is 15.8. The Hall–Kier alpha value is -2.37. The molecule has 0 atom stereocenters. The van der Waals surface area contributed by atoms with E-state index in [2.05, 4.69) is 5.32 Å². The molecule has 0 radical (unpaired) electrons. The predicted octanol–water partition coefficient (Wildman–Crippen LogP) is 2.34. The number of aliphatic hydroxyl groups is 1. The van der Waals surface area contributed by atoms with E-state index in [0.29, 0.717) is 23.7 Å². The number of para-hydroxylation sites is 3. The van der Waals surface area contributed by atoms with Crippen LogP contribution in [0.3, 0.4) is 0 Å². The monoisotopic (exact) mass is 300 g/mol. The Morgan fingerprint density at radius 3 is 2.55 bits per heavy atom. The second kappa shape index (κ2) is 8.17. The van der Waals surface area contributed by atoms with Gasteiger partial charge in [-0.3, -0.25) is 9.69 Å². The molecule has 2 rings (SSSR count). The van der Waals surface area contributed by atoms with Gasteiger partial charge < -0.3 is 15.2 Å². The molecule has 0 aliphatic heterocycles. The second-order valence-electron chi connectivity index (χ2n) is 4.92. The first-order valence-corrected chi connectivity index (χ1v) is 7.10. The number of nitrogens with one attached hydrogen (secondary N) is 1. The average molecular weight is 300 g/mol. The SMILES string of the molecule is CN(CCO)CC(=O)Nc1ccccc1Oc1ccccc1. The molecular formula is C17H20N2O3. The van der Waals surface area contributed by atoms with Crippen LogP contribution in [0, 0.1) is 0 Å². The lowest BCUT2D eigenvalue weighted by molar-refractivity contribution is -0.117. The summed E-state index contributed by atoms with van der Waals surface area (Å²) in [5.41, 5.74) is 0.619. The van der Waals surface area contributed by atoms with Gasteiger partial charge in [0, 0.05) is 6.54 Å². The molecule has 0 aliphatic carbocycles. The van der Waals surface area contributed by atoms with Crippen molar-refractivity contribution in [3.63, 3.8) is 0 Å². The minimum absolute atomic E-state index is 0.0253. The molecule has 0 saturated heterocycles. The summed E-state index contributed by atoms with van der Waals surface area (Å²) in [5, 5.41) is 11.7. The lowest BCUT2D eigenvalue weighted by Crippen LogP contribution is -2.32. The molecule has 0 aliphatic rings. The molecule has 0 saturated carbocycles. The van der Waals surface area contributed by atoms with Gasteiger partial charge in [-0.1, -0.05) is 30.3 Å². The van der Waals surface area contributed by atoms with Crippen LogP contribution in [0.5, 0.6) is 11.5 Å². The molecule has 116 valence electrons. The Labute approximate surface area is 130 Å².